The summed E-state index contributed by atoms with van der Waals surface area (Å²) in [6.45, 7) is 2.04. The van der Waals surface area contributed by atoms with Gasteiger partial charge in [0.2, 0.25) is 10.0 Å². The van der Waals surface area contributed by atoms with Gasteiger partial charge < -0.3 is 10.5 Å². The lowest BCUT2D eigenvalue weighted by Crippen LogP contribution is -2.51. The molecule has 1 aliphatic heterocycles. The van der Waals surface area contributed by atoms with E-state index in [1.54, 1.807) is 6.92 Å². The maximum Gasteiger partial charge on any atom is 0.342 e. The molecule has 0 aliphatic carbocycles. The van der Waals surface area contributed by atoms with Crippen molar-refractivity contribution < 1.29 is 22.3 Å². The van der Waals surface area contributed by atoms with Crippen molar-refractivity contribution in [3.05, 3.63) is 29.6 Å². The number of nitrogens with zero attached hydrogens (tertiary/aromatic N) is 1. The fourth-order valence-corrected chi connectivity index (χ4v) is 4.87. The first-order valence-electron chi connectivity index (χ1n) is 7.45. The van der Waals surface area contributed by atoms with Crippen molar-refractivity contribution in [3.63, 3.8) is 0 Å². The maximum absolute atomic E-state index is 14.0. The highest BCUT2D eigenvalue weighted by molar-refractivity contribution is 7.89. The number of hydrogen-bond donors (Lipinski definition) is 1. The third kappa shape index (κ3) is 3.88. The zero-order chi connectivity index (χ0) is 17.2. The van der Waals surface area contributed by atoms with E-state index in [0.29, 0.717) is 19.4 Å². The number of carbonyl (C=O) groups excluding carboxylic acids is 1. The number of halogens is 2. The summed E-state index contributed by atoms with van der Waals surface area (Å²) in [5, 5.41) is 0. The van der Waals surface area contributed by atoms with Crippen molar-refractivity contribution in [1.82, 2.24) is 4.31 Å². The van der Waals surface area contributed by atoms with Crippen LogP contribution in [0.15, 0.2) is 23.1 Å². The van der Waals surface area contributed by atoms with E-state index < -0.39 is 27.4 Å². The molecule has 1 fully saturated rings. The molecular weight excluding hydrogens is 359 g/mol. The van der Waals surface area contributed by atoms with Gasteiger partial charge in [-0.1, -0.05) is 12.5 Å². The number of hydrogen-bond acceptors (Lipinski definition) is 5. The van der Waals surface area contributed by atoms with Crippen molar-refractivity contribution in [3.8, 4) is 0 Å². The summed E-state index contributed by atoms with van der Waals surface area (Å²) in [6.07, 6.45) is 2.22. The van der Waals surface area contributed by atoms with E-state index in [-0.39, 0.29) is 29.4 Å². The predicted octanol–water partition coefficient (Wildman–Crippen LogP) is 1.92. The molecule has 0 saturated carbocycles. The summed E-state index contributed by atoms with van der Waals surface area (Å²) < 4.78 is 45.8. The number of methoxy groups -OCH3 is 1. The second-order valence-electron chi connectivity index (χ2n) is 5.64. The molecule has 2 atom stereocenters. The third-order valence-electron chi connectivity index (χ3n) is 4.06. The fraction of sp³-hybridized carbons (Fsp3) is 0.533. The summed E-state index contributed by atoms with van der Waals surface area (Å²) in [5.74, 6) is -1.94. The van der Waals surface area contributed by atoms with Gasteiger partial charge in [-0.05, 0) is 31.9 Å². The lowest BCUT2D eigenvalue weighted by molar-refractivity contribution is 0.0590. The van der Waals surface area contributed by atoms with Crippen LogP contribution >= 0.6 is 12.4 Å². The number of carbonyl (C=O) groups is 1. The summed E-state index contributed by atoms with van der Waals surface area (Å²) in [5.41, 5.74) is 5.35. The van der Waals surface area contributed by atoms with Gasteiger partial charge in [-0.2, -0.15) is 4.31 Å². The van der Waals surface area contributed by atoms with Gasteiger partial charge in [0, 0.05) is 18.6 Å². The Balaban J connectivity index is 0.00000288. The smallest absolute Gasteiger partial charge is 0.342 e. The highest BCUT2D eigenvalue weighted by Gasteiger charge is 2.38. The Kier molecular flexibility index (Phi) is 7.15. The molecule has 1 aliphatic rings. The monoisotopic (exact) mass is 380 g/mol. The Bertz CT molecular complexity index is 697. The highest BCUT2D eigenvalue weighted by atomic mass is 35.5. The first-order chi connectivity index (χ1) is 10.8. The molecule has 136 valence electrons. The lowest BCUT2D eigenvalue weighted by atomic mass is 10.00. The summed E-state index contributed by atoms with van der Waals surface area (Å²) in [4.78, 5) is 11.5. The zero-order valence-electron chi connectivity index (χ0n) is 13.6. The van der Waals surface area contributed by atoms with Crippen molar-refractivity contribution in [1.29, 1.82) is 0 Å². The van der Waals surface area contributed by atoms with Crippen LogP contribution in [0.3, 0.4) is 0 Å². The Morgan fingerprint density at radius 1 is 1.42 bits per heavy atom. The Morgan fingerprint density at radius 2 is 2.08 bits per heavy atom. The van der Waals surface area contributed by atoms with Crippen molar-refractivity contribution in [2.24, 2.45) is 5.73 Å². The van der Waals surface area contributed by atoms with E-state index in [9.17, 15) is 17.6 Å². The summed E-state index contributed by atoms with van der Waals surface area (Å²) in [6, 6.07) is 2.78. The molecule has 2 unspecified atom stereocenters. The van der Waals surface area contributed by atoms with Crippen molar-refractivity contribution in [2.45, 2.75) is 43.2 Å². The molecule has 2 N–H and O–H groups in total. The number of esters is 1. The second-order valence-corrected chi connectivity index (χ2v) is 7.50. The van der Waals surface area contributed by atoms with E-state index >= 15 is 0 Å². The van der Waals surface area contributed by atoms with Gasteiger partial charge in [0.25, 0.3) is 0 Å². The molecule has 0 radical (unpaired) electrons. The average molecular weight is 381 g/mol. The predicted molar refractivity (Wildman–Crippen MR) is 90.2 cm³/mol. The normalized spacial score (nSPS) is 20.1. The maximum atomic E-state index is 14.0. The van der Waals surface area contributed by atoms with Gasteiger partial charge in [-0.25, -0.2) is 17.6 Å². The second kappa shape index (κ2) is 8.24. The summed E-state index contributed by atoms with van der Waals surface area (Å²) >= 11 is 0. The van der Waals surface area contributed by atoms with Crippen LogP contribution in [0, 0.1) is 5.82 Å². The Morgan fingerprint density at radius 3 is 2.67 bits per heavy atom. The quantitative estimate of drug-likeness (QED) is 0.806. The van der Waals surface area contributed by atoms with E-state index in [1.165, 1.54) is 16.4 Å². The van der Waals surface area contributed by atoms with Gasteiger partial charge in [-0.3, -0.25) is 0 Å². The van der Waals surface area contributed by atoms with Gasteiger partial charge >= 0.3 is 5.97 Å². The van der Waals surface area contributed by atoms with Gasteiger partial charge in [0.05, 0.1) is 12.0 Å². The van der Waals surface area contributed by atoms with Crippen LogP contribution in [0.25, 0.3) is 0 Å². The van der Waals surface area contributed by atoms with Crippen LogP contribution in [-0.2, 0) is 14.8 Å². The Hall–Kier alpha value is -1.22. The van der Waals surface area contributed by atoms with Crippen LogP contribution in [0.5, 0.6) is 0 Å². The summed E-state index contributed by atoms with van der Waals surface area (Å²) in [7, 11) is -2.97. The van der Waals surface area contributed by atoms with Crippen LogP contribution < -0.4 is 5.73 Å². The number of rotatable bonds is 4. The van der Waals surface area contributed by atoms with Gasteiger partial charge in [0.15, 0.2) is 0 Å². The van der Waals surface area contributed by atoms with Crippen LogP contribution in [0.1, 0.15) is 36.5 Å². The van der Waals surface area contributed by atoms with E-state index in [2.05, 4.69) is 4.74 Å². The number of piperidine rings is 1. The Labute approximate surface area is 147 Å². The molecular formula is C15H22ClFN2O4S. The minimum Gasteiger partial charge on any atom is -0.465 e. The van der Waals surface area contributed by atoms with Gasteiger partial charge in [-0.15, -0.1) is 12.4 Å². The fourth-order valence-electron chi connectivity index (χ4n) is 2.90. The number of sulfonamides is 1. The minimum absolute atomic E-state index is 0. The first kappa shape index (κ1) is 20.8. The zero-order valence-corrected chi connectivity index (χ0v) is 15.2. The molecule has 0 bridgehead atoms. The molecule has 6 nitrogen and oxygen atoms in total. The molecule has 0 amide bonds. The third-order valence-corrected chi connectivity index (χ3v) is 6.02. The highest BCUT2D eigenvalue weighted by Crippen LogP contribution is 2.29. The molecule has 24 heavy (non-hydrogen) atoms. The molecule has 1 heterocycles. The molecule has 1 aromatic carbocycles. The molecule has 0 aromatic heterocycles. The molecule has 9 heteroatoms. The van der Waals surface area contributed by atoms with Crippen molar-refractivity contribution >= 4 is 28.4 Å². The average Bonchev–Trinajstić information content (AvgIpc) is 2.53. The van der Waals surface area contributed by atoms with E-state index in [4.69, 9.17) is 5.73 Å². The number of benzene rings is 1. The van der Waals surface area contributed by atoms with E-state index in [1.807, 2.05) is 0 Å². The standard InChI is InChI=1S/C15H21FN2O4S.ClH/c1-10(17)12-7-3-4-9-18(12)23(20,21)13-8-5-6-11(16)14(13)15(19)22-2;/h5-6,8,10,12H,3-4,7,9,17H2,1-2H3;1H. The van der Waals surface area contributed by atoms with Crippen LogP contribution in [0.4, 0.5) is 4.39 Å². The van der Waals surface area contributed by atoms with E-state index in [0.717, 1.165) is 19.6 Å². The topological polar surface area (TPSA) is 89.7 Å². The number of ether oxygens (including phenoxy) is 1. The number of nitrogens with two attached hydrogens (primary N) is 1. The first-order valence-corrected chi connectivity index (χ1v) is 8.89. The van der Waals surface area contributed by atoms with Crippen LogP contribution in [-0.4, -0.2) is 44.4 Å². The van der Waals surface area contributed by atoms with Crippen molar-refractivity contribution in [2.75, 3.05) is 13.7 Å². The molecule has 2 rings (SSSR count). The molecule has 1 aromatic rings. The molecule has 0 spiro atoms. The van der Waals surface area contributed by atoms with Gasteiger partial charge in [0.1, 0.15) is 11.4 Å². The SMILES string of the molecule is COC(=O)c1c(F)cccc1S(=O)(=O)N1CCCCC1C(C)N.Cl. The largest absolute Gasteiger partial charge is 0.465 e. The molecule has 1 saturated heterocycles. The lowest BCUT2D eigenvalue weighted by Gasteiger charge is -2.37. The van der Waals surface area contributed by atoms with Crippen LogP contribution in [0.2, 0.25) is 0 Å². The minimum atomic E-state index is -4.05.